The first-order valence-corrected chi connectivity index (χ1v) is 12.6. The van der Waals surface area contributed by atoms with E-state index in [1.54, 1.807) is 24.3 Å². The molecule has 0 bridgehead atoms. The zero-order valence-corrected chi connectivity index (χ0v) is 19.4. The number of nitrogens with one attached hydrogen (secondary N) is 1. The molecule has 6 nitrogen and oxygen atoms in total. The van der Waals surface area contributed by atoms with Crippen LogP contribution in [-0.2, 0) is 29.4 Å². The van der Waals surface area contributed by atoms with Gasteiger partial charge in [0.2, 0.25) is 10.0 Å². The molecule has 3 aromatic rings. The molecule has 7 heteroatoms. The lowest BCUT2D eigenvalue weighted by Crippen LogP contribution is -2.35. The average Bonchev–Trinajstić information content (AvgIpc) is 2.80. The molecule has 1 amide bonds. The molecule has 0 unspecified atom stereocenters. The van der Waals surface area contributed by atoms with Crippen LogP contribution in [-0.4, -0.2) is 31.4 Å². The van der Waals surface area contributed by atoms with Crippen molar-refractivity contribution in [2.45, 2.75) is 26.3 Å². The molecule has 0 atom stereocenters. The van der Waals surface area contributed by atoms with E-state index in [4.69, 9.17) is 5.26 Å². The molecule has 0 saturated heterocycles. The highest BCUT2D eigenvalue weighted by Gasteiger charge is 2.24. The molecule has 1 heterocycles. The van der Waals surface area contributed by atoms with Crippen molar-refractivity contribution >= 4 is 21.6 Å². The highest BCUT2D eigenvalue weighted by molar-refractivity contribution is 7.88. The maximum Gasteiger partial charge on any atom is 0.255 e. The lowest BCUT2D eigenvalue weighted by Gasteiger charge is -2.28. The standard InChI is InChI=1S/C26H25N3O3S/c1-18-6-7-20(15-25(18)26(30)28-23-10-8-19(16-27)9-11-23)14-21-4-3-5-22-17-29(33(2,31)32)13-12-24(21)22/h3-11,15H,12-14,17H2,1-2H3,(H,28,30). The summed E-state index contributed by atoms with van der Waals surface area (Å²) >= 11 is 0. The quantitative estimate of drug-likeness (QED) is 0.624. The topological polar surface area (TPSA) is 90.3 Å². The van der Waals surface area contributed by atoms with E-state index in [1.807, 2.05) is 37.3 Å². The number of aryl methyl sites for hydroxylation is 1. The molecule has 0 aromatic heterocycles. The molecule has 3 aromatic carbocycles. The second-order valence-corrected chi connectivity index (χ2v) is 10.4. The Morgan fingerprint density at radius 2 is 1.88 bits per heavy atom. The molecule has 1 aliphatic heterocycles. The Balaban J connectivity index is 1.55. The van der Waals surface area contributed by atoms with Crippen LogP contribution in [0.1, 0.15) is 43.7 Å². The number of carbonyl (C=O) groups is 1. The summed E-state index contributed by atoms with van der Waals surface area (Å²) in [5, 5.41) is 11.8. The van der Waals surface area contributed by atoms with Crippen molar-refractivity contribution in [1.29, 1.82) is 5.26 Å². The van der Waals surface area contributed by atoms with E-state index in [2.05, 4.69) is 17.5 Å². The van der Waals surface area contributed by atoms with Gasteiger partial charge in [-0.05, 0) is 77.9 Å². The van der Waals surface area contributed by atoms with Gasteiger partial charge in [-0.2, -0.15) is 9.57 Å². The van der Waals surface area contributed by atoms with Crippen molar-refractivity contribution < 1.29 is 13.2 Å². The summed E-state index contributed by atoms with van der Waals surface area (Å²) in [7, 11) is -3.22. The summed E-state index contributed by atoms with van der Waals surface area (Å²) in [4.78, 5) is 12.9. The number of benzene rings is 3. The lowest BCUT2D eigenvalue weighted by molar-refractivity contribution is 0.102. The fraction of sp³-hybridized carbons (Fsp3) is 0.231. The van der Waals surface area contributed by atoms with Crippen molar-refractivity contribution in [1.82, 2.24) is 4.31 Å². The Labute approximate surface area is 194 Å². The molecule has 0 aliphatic carbocycles. The number of rotatable bonds is 5. The number of hydrogen-bond acceptors (Lipinski definition) is 4. The van der Waals surface area contributed by atoms with Gasteiger partial charge in [0.25, 0.3) is 5.91 Å². The summed E-state index contributed by atoms with van der Waals surface area (Å²) in [6.07, 6.45) is 2.59. The molecule has 0 saturated carbocycles. The van der Waals surface area contributed by atoms with Gasteiger partial charge >= 0.3 is 0 Å². The van der Waals surface area contributed by atoms with E-state index in [9.17, 15) is 13.2 Å². The fourth-order valence-electron chi connectivity index (χ4n) is 4.18. The average molecular weight is 460 g/mol. The van der Waals surface area contributed by atoms with Crippen LogP contribution in [0, 0.1) is 18.3 Å². The summed E-state index contributed by atoms with van der Waals surface area (Å²) in [6, 6.07) is 20.7. The number of nitrogens with zero attached hydrogens (tertiary/aromatic N) is 2. The van der Waals surface area contributed by atoms with Crippen LogP contribution in [0.5, 0.6) is 0 Å². The lowest BCUT2D eigenvalue weighted by atomic mass is 9.91. The summed E-state index contributed by atoms with van der Waals surface area (Å²) in [6.45, 7) is 2.78. The molecule has 33 heavy (non-hydrogen) atoms. The third-order valence-corrected chi connectivity index (χ3v) is 7.26. The first-order valence-electron chi connectivity index (χ1n) is 10.7. The number of nitriles is 1. The maximum atomic E-state index is 12.9. The Hall–Kier alpha value is -3.47. The van der Waals surface area contributed by atoms with Gasteiger partial charge in [-0.3, -0.25) is 4.79 Å². The van der Waals surface area contributed by atoms with Crippen molar-refractivity contribution in [2.75, 3.05) is 18.1 Å². The molecule has 168 valence electrons. The number of sulfonamides is 1. The fourth-order valence-corrected chi connectivity index (χ4v) is 4.98. The first-order chi connectivity index (χ1) is 15.7. The normalized spacial score (nSPS) is 13.7. The smallest absolute Gasteiger partial charge is 0.255 e. The molecule has 0 radical (unpaired) electrons. The number of carbonyl (C=O) groups excluding carboxylic acids is 1. The second-order valence-electron chi connectivity index (χ2n) is 8.37. The zero-order chi connectivity index (χ0) is 23.6. The van der Waals surface area contributed by atoms with Crippen molar-refractivity contribution in [3.8, 4) is 6.07 Å². The van der Waals surface area contributed by atoms with Gasteiger partial charge in [-0.25, -0.2) is 8.42 Å². The first kappa shape index (κ1) is 22.7. The summed E-state index contributed by atoms with van der Waals surface area (Å²) in [5.74, 6) is -0.196. The Kier molecular flexibility index (Phi) is 6.32. The van der Waals surface area contributed by atoms with Gasteiger partial charge in [-0.15, -0.1) is 0 Å². The maximum absolute atomic E-state index is 12.9. The van der Waals surface area contributed by atoms with Crippen molar-refractivity contribution in [2.24, 2.45) is 0 Å². The SMILES string of the molecule is Cc1ccc(Cc2cccc3c2CCN(S(C)(=O)=O)C3)cc1C(=O)Nc1ccc(C#N)cc1. The van der Waals surface area contributed by atoms with E-state index in [0.29, 0.717) is 42.7 Å². The van der Waals surface area contributed by atoms with E-state index >= 15 is 0 Å². The van der Waals surface area contributed by atoms with E-state index < -0.39 is 10.0 Å². The van der Waals surface area contributed by atoms with Gasteiger partial charge in [0.15, 0.2) is 0 Å². The molecule has 1 N–H and O–H groups in total. The van der Waals surface area contributed by atoms with E-state index in [1.165, 1.54) is 16.1 Å². The van der Waals surface area contributed by atoms with E-state index in [-0.39, 0.29) is 5.91 Å². The Bertz CT molecular complexity index is 1360. The molecule has 0 spiro atoms. The molecular weight excluding hydrogens is 434 g/mol. The van der Waals surface area contributed by atoms with Gasteiger partial charge < -0.3 is 5.32 Å². The number of hydrogen-bond donors (Lipinski definition) is 1. The minimum atomic E-state index is -3.22. The van der Waals surface area contributed by atoms with Crippen LogP contribution in [0.25, 0.3) is 0 Å². The monoisotopic (exact) mass is 459 g/mol. The molecular formula is C26H25N3O3S. The van der Waals surface area contributed by atoms with Crippen LogP contribution < -0.4 is 5.32 Å². The number of fused-ring (bicyclic) bond motifs is 1. The van der Waals surface area contributed by atoms with Crippen LogP contribution in [0.15, 0.2) is 60.7 Å². The highest BCUT2D eigenvalue weighted by atomic mass is 32.2. The van der Waals surface area contributed by atoms with Crippen LogP contribution in [0.2, 0.25) is 0 Å². The molecule has 0 fully saturated rings. The van der Waals surface area contributed by atoms with Crippen LogP contribution in [0.3, 0.4) is 0 Å². The predicted octanol–water partition coefficient (Wildman–Crippen LogP) is 4.03. The van der Waals surface area contributed by atoms with Crippen molar-refractivity contribution in [3.63, 3.8) is 0 Å². The third kappa shape index (κ3) is 5.14. The highest BCUT2D eigenvalue weighted by Crippen LogP contribution is 2.26. The molecule has 4 rings (SSSR count). The molecule has 1 aliphatic rings. The summed E-state index contributed by atoms with van der Waals surface area (Å²) in [5.41, 5.74) is 7.06. The Morgan fingerprint density at radius 1 is 1.12 bits per heavy atom. The van der Waals surface area contributed by atoms with Crippen LogP contribution >= 0.6 is 0 Å². The third-order valence-electron chi connectivity index (χ3n) is 6.01. The van der Waals surface area contributed by atoms with Gasteiger partial charge in [0, 0.05) is 24.3 Å². The largest absolute Gasteiger partial charge is 0.322 e. The number of anilines is 1. The predicted molar refractivity (Wildman–Crippen MR) is 128 cm³/mol. The zero-order valence-electron chi connectivity index (χ0n) is 18.6. The van der Waals surface area contributed by atoms with Crippen molar-refractivity contribution in [3.05, 3.63) is 99.6 Å². The van der Waals surface area contributed by atoms with Gasteiger partial charge in [-0.1, -0.05) is 30.3 Å². The number of amides is 1. The second kappa shape index (κ2) is 9.18. The summed E-state index contributed by atoms with van der Waals surface area (Å²) < 4.78 is 25.4. The van der Waals surface area contributed by atoms with Crippen LogP contribution in [0.4, 0.5) is 5.69 Å². The Morgan fingerprint density at radius 3 is 2.58 bits per heavy atom. The van der Waals surface area contributed by atoms with E-state index in [0.717, 1.165) is 22.3 Å². The minimum Gasteiger partial charge on any atom is -0.322 e. The van der Waals surface area contributed by atoms with Gasteiger partial charge in [0.1, 0.15) is 0 Å². The van der Waals surface area contributed by atoms with Gasteiger partial charge in [0.05, 0.1) is 17.9 Å². The minimum absolute atomic E-state index is 0.196.